The highest BCUT2D eigenvalue weighted by Gasteiger charge is 2.12. The molecular formula is C17H19FN2O. The summed E-state index contributed by atoms with van der Waals surface area (Å²) in [5, 5.41) is 6.13. The Bertz CT molecular complexity index is 593. The van der Waals surface area contributed by atoms with Gasteiger partial charge in [-0.3, -0.25) is 4.79 Å². The summed E-state index contributed by atoms with van der Waals surface area (Å²) in [5.41, 5.74) is 3.02. The fourth-order valence-electron chi connectivity index (χ4n) is 2.08. The van der Waals surface area contributed by atoms with E-state index in [0.29, 0.717) is 6.54 Å². The third-order valence-corrected chi connectivity index (χ3v) is 3.21. The number of anilines is 1. The van der Waals surface area contributed by atoms with E-state index in [1.54, 1.807) is 12.1 Å². The minimum absolute atomic E-state index is 0.0820. The smallest absolute Gasteiger partial charge is 0.217 e. The zero-order valence-electron chi connectivity index (χ0n) is 12.2. The molecule has 0 fully saturated rings. The van der Waals surface area contributed by atoms with Crippen LogP contribution in [0.5, 0.6) is 0 Å². The van der Waals surface area contributed by atoms with Crippen LogP contribution in [0.15, 0.2) is 48.5 Å². The van der Waals surface area contributed by atoms with Crippen molar-refractivity contribution in [3.05, 3.63) is 65.5 Å². The molecule has 2 aromatic carbocycles. The van der Waals surface area contributed by atoms with E-state index in [0.717, 1.165) is 11.3 Å². The van der Waals surface area contributed by atoms with Gasteiger partial charge < -0.3 is 10.6 Å². The van der Waals surface area contributed by atoms with Gasteiger partial charge in [-0.25, -0.2) is 4.39 Å². The van der Waals surface area contributed by atoms with E-state index >= 15 is 0 Å². The Balaban J connectivity index is 2.07. The molecular weight excluding hydrogens is 267 g/mol. The number of benzene rings is 2. The summed E-state index contributed by atoms with van der Waals surface area (Å²) in [6.45, 7) is 4.06. The van der Waals surface area contributed by atoms with Gasteiger partial charge >= 0.3 is 0 Å². The molecule has 2 N–H and O–H groups in total. The zero-order chi connectivity index (χ0) is 15.2. The predicted molar refractivity (Wildman–Crippen MR) is 82.6 cm³/mol. The molecule has 0 saturated carbocycles. The van der Waals surface area contributed by atoms with Crippen molar-refractivity contribution in [3.8, 4) is 0 Å². The molecule has 3 nitrogen and oxygen atoms in total. The van der Waals surface area contributed by atoms with Gasteiger partial charge in [0.25, 0.3) is 0 Å². The van der Waals surface area contributed by atoms with Crippen molar-refractivity contribution in [1.29, 1.82) is 0 Å². The maximum Gasteiger partial charge on any atom is 0.217 e. The fraction of sp³-hybridized carbons (Fsp3) is 0.235. The van der Waals surface area contributed by atoms with Crippen molar-refractivity contribution >= 4 is 11.6 Å². The van der Waals surface area contributed by atoms with Gasteiger partial charge in [-0.1, -0.05) is 29.8 Å². The van der Waals surface area contributed by atoms with Crippen LogP contribution in [0, 0.1) is 12.7 Å². The maximum atomic E-state index is 12.9. The second kappa shape index (κ2) is 6.88. The van der Waals surface area contributed by atoms with Crippen LogP contribution in [-0.2, 0) is 4.79 Å². The Labute approximate surface area is 124 Å². The first-order valence-electron chi connectivity index (χ1n) is 6.87. The Kier molecular flexibility index (Phi) is 4.93. The molecule has 0 aliphatic heterocycles. The molecule has 0 aromatic heterocycles. The van der Waals surface area contributed by atoms with Crippen molar-refractivity contribution in [2.24, 2.45) is 0 Å². The predicted octanol–water partition coefficient (Wildman–Crippen LogP) is 3.42. The Morgan fingerprint density at radius 1 is 1.10 bits per heavy atom. The molecule has 0 heterocycles. The highest BCUT2D eigenvalue weighted by molar-refractivity contribution is 5.73. The molecule has 0 bridgehead atoms. The third-order valence-electron chi connectivity index (χ3n) is 3.21. The van der Waals surface area contributed by atoms with Crippen LogP contribution in [0.25, 0.3) is 0 Å². The number of carbonyl (C=O) groups is 1. The fourth-order valence-corrected chi connectivity index (χ4v) is 2.08. The topological polar surface area (TPSA) is 41.1 Å². The molecule has 2 aromatic rings. The molecule has 4 heteroatoms. The first-order chi connectivity index (χ1) is 10.0. The van der Waals surface area contributed by atoms with Crippen LogP contribution in [0.1, 0.15) is 24.1 Å². The summed E-state index contributed by atoms with van der Waals surface area (Å²) in [6, 6.07) is 14.1. The molecule has 21 heavy (non-hydrogen) atoms. The van der Waals surface area contributed by atoms with Crippen molar-refractivity contribution in [1.82, 2.24) is 5.32 Å². The summed E-state index contributed by atoms with van der Waals surface area (Å²) >= 11 is 0. The van der Waals surface area contributed by atoms with Gasteiger partial charge in [-0.15, -0.1) is 0 Å². The van der Waals surface area contributed by atoms with Gasteiger partial charge in [0.05, 0.1) is 6.04 Å². The van der Waals surface area contributed by atoms with Gasteiger partial charge in [-0.2, -0.15) is 0 Å². The lowest BCUT2D eigenvalue weighted by atomic mass is 10.0. The molecule has 110 valence electrons. The molecule has 1 amide bonds. The van der Waals surface area contributed by atoms with Crippen LogP contribution in [0.3, 0.4) is 0 Å². The number of halogens is 1. The minimum atomic E-state index is -0.266. The van der Waals surface area contributed by atoms with Crippen molar-refractivity contribution < 1.29 is 9.18 Å². The van der Waals surface area contributed by atoms with E-state index in [1.165, 1.54) is 24.6 Å². The SMILES string of the molecule is CC(=O)NC(CNc1ccc(F)cc1)c1ccc(C)cc1. The molecule has 0 aliphatic carbocycles. The summed E-state index contributed by atoms with van der Waals surface area (Å²) in [5.74, 6) is -0.348. The van der Waals surface area contributed by atoms with E-state index in [9.17, 15) is 9.18 Å². The van der Waals surface area contributed by atoms with E-state index in [1.807, 2.05) is 31.2 Å². The quantitative estimate of drug-likeness (QED) is 0.884. The standard InChI is InChI=1S/C17H19FN2O/c1-12-3-5-14(6-4-12)17(20-13(2)21)11-19-16-9-7-15(18)8-10-16/h3-10,17,19H,11H2,1-2H3,(H,20,21). The van der Waals surface area contributed by atoms with Crippen molar-refractivity contribution in [3.63, 3.8) is 0 Å². The molecule has 0 spiro atoms. The zero-order valence-corrected chi connectivity index (χ0v) is 12.2. The largest absolute Gasteiger partial charge is 0.383 e. The highest BCUT2D eigenvalue weighted by Crippen LogP contribution is 2.16. The summed E-state index contributed by atoms with van der Waals surface area (Å²) in [6.07, 6.45) is 0. The molecule has 1 atom stereocenters. The number of nitrogens with one attached hydrogen (secondary N) is 2. The number of aryl methyl sites for hydroxylation is 1. The van der Waals surface area contributed by atoms with Gasteiger partial charge in [0.15, 0.2) is 0 Å². The first kappa shape index (κ1) is 15.0. The van der Waals surface area contributed by atoms with Gasteiger partial charge in [0.2, 0.25) is 5.91 Å². The Morgan fingerprint density at radius 2 is 1.71 bits per heavy atom. The number of hydrogen-bond acceptors (Lipinski definition) is 2. The lowest BCUT2D eigenvalue weighted by Crippen LogP contribution is -2.31. The second-order valence-electron chi connectivity index (χ2n) is 5.05. The summed E-state index contributed by atoms with van der Waals surface area (Å²) in [4.78, 5) is 11.4. The van der Waals surface area contributed by atoms with E-state index in [2.05, 4.69) is 10.6 Å². The van der Waals surface area contributed by atoms with E-state index in [4.69, 9.17) is 0 Å². The van der Waals surface area contributed by atoms with Crippen molar-refractivity contribution in [2.75, 3.05) is 11.9 Å². The number of carbonyl (C=O) groups excluding carboxylic acids is 1. The average Bonchev–Trinajstić information content (AvgIpc) is 2.46. The van der Waals surface area contributed by atoms with Crippen molar-refractivity contribution in [2.45, 2.75) is 19.9 Å². The number of hydrogen-bond donors (Lipinski definition) is 2. The summed E-state index contributed by atoms with van der Waals surface area (Å²) < 4.78 is 12.9. The van der Waals surface area contributed by atoms with Gasteiger partial charge in [0, 0.05) is 19.2 Å². The summed E-state index contributed by atoms with van der Waals surface area (Å²) in [7, 11) is 0. The van der Waals surface area contributed by atoms with Crippen LogP contribution in [0.2, 0.25) is 0 Å². The van der Waals surface area contributed by atoms with Crippen LogP contribution >= 0.6 is 0 Å². The molecule has 2 rings (SSSR count). The van der Waals surface area contributed by atoms with Gasteiger partial charge in [-0.05, 0) is 36.8 Å². The Morgan fingerprint density at radius 3 is 2.29 bits per heavy atom. The average molecular weight is 286 g/mol. The maximum absolute atomic E-state index is 12.9. The highest BCUT2D eigenvalue weighted by atomic mass is 19.1. The molecule has 0 radical (unpaired) electrons. The molecule has 0 aliphatic rings. The third kappa shape index (κ3) is 4.60. The van der Waals surface area contributed by atoms with Gasteiger partial charge in [0.1, 0.15) is 5.82 Å². The number of rotatable bonds is 5. The van der Waals surface area contributed by atoms with Crippen LogP contribution in [-0.4, -0.2) is 12.5 Å². The second-order valence-corrected chi connectivity index (χ2v) is 5.05. The van der Waals surface area contributed by atoms with Crippen LogP contribution < -0.4 is 10.6 Å². The lowest BCUT2D eigenvalue weighted by Gasteiger charge is -2.20. The Hall–Kier alpha value is -2.36. The molecule has 1 unspecified atom stereocenters. The monoisotopic (exact) mass is 286 g/mol. The minimum Gasteiger partial charge on any atom is -0.383 e. The van der Waals surface area contributed by atoms with E-state index in [-0.39, 0.29) is 17.8 Å². The van der Waals surface area contributed by atoms with Crippen LogP contribution in [0.4, 0.5) is 10.1 Å². The normalized spacial score (nSPS) is 11.8. The van der Waals surface area contributed by atoms with E-state index < -0.39 is 0 Å². The lowest BCUT2D eigenvalue weighted by molar-refractivity contribution is -0.119. The first-order valence-corrected chi connectivity index (χ1v) is 6.87. The molecule has 0 saturated heterocycles. The number of amides is 1.